The number of hydrogen-bond acceptors (Lipinski definition) is 4. The van der Waals surface area contributed by atoms with Crippen LogP contribution in [-0.4, -0.2) is 62.8 Å². The molecule has 0 bridgehead atoms. The van der Waals surface area contributed by atoms with Gasteiger partial charge in [0, 0.05) is 39.7 Å². The third-order valence-corrected chi connectivity index (χ3v) is 3.50. The van der Waals surface area contributed by atoms with Gasteiger partial charge in [-0.3, -0.25) is 9.79 Å². The molecule has 0 aliphatic carbocycles. The molecule has 1 fully saturated rings. The molecule has 6 nitrogen and oxygen atoms in total. The fourth-order valence-electron chi connectivity index (χ4n) is 2.47. The summed E-state index contributed by atoms with van der Waals surface area (Å²) in [6, 6.07) is 0. The molecule has 0 aromatic carbocycles. The van der Waals surface area contributed by atoms with E-state index in [4.69, 9.17) is 9.47 Å². The Bertz CT molecular complexity index is 332. The zero-order valence-electron chi connectivity index (χ0n) is 14.0. The molecule has 22 heavy (non-hydrogen) atoms. The molecule has 0 aromatic heterocycles. The number of carbonyl (C=O) groups excluding carboxylic acids is 1. The molecular formula is C15H30IN3O3. The molecule has 130 valence electrons. The second-order valence-corrected chi connectivity index (χ2v) is 5.02. The van der Waals surface area contributed by atoms with Crippen molar-refractivity contribution >= 4 is 35.9 Å². The Kier molecular flexibility index (Phi) is 12.6. The number of aliphatic imine (C=N–C) groups is 1. The highest BCUT2D eigenvalue weighted by Crippen LogP contribution is 2.13. The van der Waals surface area contributed by atoms with E-state index in [1.807, 2.05) is 13.8 Å². The van der Waals surface area contributed by atoms with Gasteiger partial charge in [-0.05, 0) is 33.1 Å². The largest absolute Gasteiger partial charge is 0.466 e. The van der Waals surface area contributed by atoms with Gasteiger partial charge in [-0.15, -0.1) is 24.0 Å². The highest BCUT2D eigenvalue weighted by molar-refractivity contribution is 14.0. The van der Waals surface area contributed by atoms with E-state index in [1.54, 1.807) is 7.05 Å². The van der Waals surface area contributed by atoms with Crippen molar-refractivity contribution in [1.82, 2.24) is 10.2 Å². The Morgan fingerprint density at radius 2 is 1.95 bits per heavy atom. The first-order chi connectivity index (χ1) is 10.2. The summed E-state index contributed by atoms with van der Waals surface area (Å²) in [5, 5.41) is 3.31. The second-order valence-electron chi connectivity index (χ2n) is 5.02. The Morgan fingerprint density at radius 1 is 1.27 bits per heavy atom. The second kappa shape index (κ2) is 12.9. The van der Waals surface area contributed by atoms with Crippen LogP contribution in [0.5, 0.6) is 0 Å². The van der Waals surface area contributed by atoms with E-state index in [2.05, 4.69) is 15.2 Å². The minimum Gasteiger partial charge on any atom is -0.466 e. The Morgan fingerprint density at radius 3 is 2.50 bits per heavy atom. The maximum absolute atomic E-state index is 11.3. The maximum atomic E-state index is 11.3. The van der Waals surface area contributed by atoms with Gasteiger partial charge >= 0.3 is 5.97 Å². The summed E-state index contributed by atoms with van der Waals surface area (Å²) in [5.74, 6) is 0.778. The van der Waals surface area contributed by atoms with Gasteiger partial charge in [-0.1, -0.05) is 0 Å². The first-order valence-electron chi connectivity index (χ1n) is 7.94. The number of esters is 1. The van der Waals surface area contributed by atoms with Gasteiger partial charge in [-0.2, -0.15) is 0 Å². The first-order valence-corrected chi connectivity index (χ1v) is 7.94. The standard InChI is InChI=1S/C15H29N3O3.HI/c1-4-20-13-8-11-18(12-9-13)15(16-3)17-10-6-7-14(19)21-5-2;/h13H,4-12H2,1-3H3,(H,16,17);1H. The van der Waals surface area contributed by atoms with Crippen molar-refractivity contribution < 1.29 is 14.3 Å². The van der Waals surface area contributed by atoms with Crippen molar-refractivity contribution in [2.45, 2.75) is 45.6 Å². The fraction of sp³-hybridized carbons (Fsp3) is 0.867. The number of likely N-dealkylation sites (tertiary alicyclic amines) is 1. The molecule has 0 unspecified atom stereocenters. The molecule has 0 aromatic rings. The number of piperidine rings is 1. The van der Waals surface area contributed by atoms with Crippen molar-refractivity contribution in [3.05, 3.63) is 0 Å². The SMILES string of the molecule is CCOC(=O)CCCNC(=NC)N1CCC(OCC)CC1.I. The number of nitrogens with one attached hydrogen (secondary N) is 1. The minimum atomic E-state index is -0.133. The third kappa shape index (κ3) is 8.17. The number of hydrogen-bond donors (Lipinski definition) is 1. The van der Waals surface area contributed by atoms with Gasteiger partial charge in [0.2, 0.25) is 0 Å². The summed E-state index contributed by atoms with van der Waals surface area (Å²) in [6.07, 6.45) is 3.67. The molecule has 1 saturated heterocycles. The van der Waals surface area contributed by atoms with E-state index >= 15 is 0 Å². The van der Waals surface area contributed by atoms with E-state index in [1.165, 1.54) is 0 Å². The molecule has 0 radical (unpaired) electrons. The molecule has 0 spiro atoms. The molecule has 1 heterocycles. The number of nitrogens with zero attached hydrogens (tertiary/aromatic N) is 2. The number of carbonyl (C=O) groups is 1. The van der Waals surface area contributed by atoms with Gasteiger partial charge in [0.25, 0.3) is 0 Å². The molecule has 0 atom stereocenters. The lowest BCUT2D eigenvalue weighted by Gasteiger charge is -2.34. The number of ether oxygens (including phenoxy) is 2. The Hall–Kier alpha value is -0.570. The van der Waals surface area contributed by atoms with E-state index in [0.29, 0.717) is 19.1 Å². The van der Waals surface area contributed by atoms with Crippen molar-refractivity contribution in [2.24, 2.45) is 4.99 Å². The predicted octanol–water partition coefficient (Wildman–Crippen LogP) is 2.02. The highest BCUT2D eigenvalue weighted by atomic mass is 127. The van der Waals surface area contributed by atoms with Crippen LogP contribution in [0.25, 0.3) is 0 Å². The van der Waals surface area contributed by atoms with Crippen LogP contribution < -0.4 is 5.32 Å². The van der Waals surface area contributed by atoms with Crippen molar-refractivity contribution in [1.29, 1.82) is 0 Å². The summed E-state index contributed by atoms with van der Waals surface area (Å²) < 4.78 is 10.6. The minimum absolute atomic E-state index is 0. The summed E-state index contributed by atoms with van der Waals surface area (Å²) in [4.78, 5) is 17.8. The highest BCUT2D eigenvalue weighted by Gasteiger charge is 2.21. The lowest BCUT2D eigenvalue weighted by molar-refractivity contribution is -0.143. The van der Waals surface area contributed by atoms with Gasteiger partial charge in [0.1, 0.15) is 0 Å². The van der Waals surface area contributed by atoms with Gasteiger partial charge in [-0.25, -0.2) is 0 Å². The number of guanidine groups is 1. The first kappa shape index (κ1) is 21.4. The summed E-state index contributed by atoms with van der Waals surface area (Å²) in [5.41, 5.74) is 0. The average Bonchev–Trinajstić information content (AvgIpc) is 2.49. The van der Waals surface area contributed by atoms with E-state index in [0.717, 1.165) is 51.5 Å². The molecule has 1 rings (SSSR count). The lowest BCUT2D eigenvalue weighted by atomic mass is 10.1. The van der Waals surface area contributed by atoms with E-state index in [9.17, 15) is 4.79 Å². The van der Waals surface area contributed by atoms with Crippen LogP contribution in [0.4, 0.5) is 0 Å². The number of halogens is 1. The van der Waals surface area contributed by atoms with Crippen LogP contribution in [0.3, 0.4) is 0 Å². The van der Waals surface area contributed by atoms with Gasteiger partial charge < -0.3 is 19.7 Å². The van der Waals surface area contributed by atoms with Crippen LogP contribution in [0.15, 0.2) is 4.99 Å². The molecule has 0 amide bonds. The van der Waals surface area contributed by atoms with Gasteiger partial charge in [0.05, 0.1) is 12.7 Å². The average molecular weight is 427 g/mol. The number of rotatable bonds is 7. The molecule has 0 saturated carbocycles. The Balaban J connectivity index is 0.00000441. The molecular weight excluding hydrogens is 397 g/mol. The topological polar surface area (TPSA) is 63.2 Å². The monoisotopic (exact) mass is 427 g/mol. The van der Waals surface area contributed by atoms with Crippen LogP contribution in [0.2, 0.25) is 0 Å². The van der Waals surface area contributed by atoms with Crippen molar-refractivity contribution in [3.8, 4) is 0 Å². The molecule has 7 heteroatoms. The van der Waals surface area contributed by atoms with E-state index in [-0.39, 0.29) is 29.9 Å². The van der Waals surface area contributed by atoms with Crippen molar-refractivity contribution in [2.75, 3.05) is 39.9 Å². The Labute approximate surface area is 151 Å². The zero-order chi connectivity index (χ0) is 15.5. The van der Waals surface area contributed by atoms with Crippen LogP contribution in [0.1, 0.15) is 39.5 Å². The van der Waals surface area contributed by atoms with Crippen molar-refractivity contribution in [3.63, 3.8) is 0 Å². The summed E-state index contributed by atoms with van der Waals surface area (Å²) >= 11 is 0. The zero-order valence-corrected chi connectivity index (χ0v) is 16.3. The third-order valence-electron chi connectivity index (χ3n) is 3.50. The maximum Gasteiger partial charge on any atom is 0.305 e. The molecule has 1 aliphatic heterocycles. The van der Waals surface area contributed by atoms with Crippen LogP contribution in [-0.2, 0) is 14.3 Å². The molecule has 1 aliphatic rings. The summed E-state index contributed by atoms with van der Waals surface area (Å²) in [6.45, 7) is 7.75. The van der Waals surface area contributed by atoms with E-state index < -0.39 is 0 Å². The van der Waals surface area contributed by atoms with Crippen LogP contribution >= 0.6 is 24.0 Å². The lowest BCUT2D eigenvalue weighted by Crippen LogP contribution is -2.47. The molecule has 1 N–H and O–H groups in total. The smallest absolute Gasteiger partial charge is 0.305 e. The normalized spacial score (nSPS) is 16.1. The van der Waals surface area contributed by atoms with Gasteiger partial charge in [0.15, 0.2) is 5.96 Å². The quantitative estimate of drug-likeness (QED) is 0.222. The van der Waals surface area contributed by atoms with Crippen LogP contribution in [0, 0.1) is 0 Å². The fourth-order valence-corrected chi connectivity index (χ4v) is 2.47. The predicted molar refractivity (Wildman–Crippen MR) is 98.9 cm³/mol. The summed E-state index contributed by atoms with van der Waals surface area (Å²) in [7, 11) is 1.79.